The number of aromatic nitrogens is 4. The highest BCUT2D eigenvalue weighted by Gasteiger charge is 2.17. The van der Waals surface area contributed by atoms with E-state index in [1.165, 1.54) is 29.2 Å². The lowest BCUT2D eigenvalue weighted by atomic mass is 10.3. The van der Waals surface area contributed by atoms with E-state index >= 15 is 0 Å². The summed E-state index contributed by atoms with van der Waals surface area (Å²) in [7, 11) is -5.69. The van der Waals surface area contributed by atoms with E-state index in [0.29, 0.717) is 30.0 Å². The number of fused-ring (bicyclic) bond motifs is 4. The number of benzene rings is 1. The summed E-state index contributed by atoms with van der Waals surface area (Å²) < 4.78 is 56.0. The SMILES string of the molecule is Cn1cncc1S(=O)(=O)NCCC#Cc1cnc2nc1NCCCNS(=O)(=O)c1cccc(c1)N2. The maximum absolute atomic E-state index is 12.5. The zero-order valence-corrected chi connectivity index (χ0v) is 20.4. The fraction of sp³-hybridized carbons (Fsp3) is 0.286. The third-order valence-electron chi connectivity index (χ3n) is 4.94. The molecule has 3 aromatic rings. The van der Waals surface area contributed by atoms with Crippen LogP contribution < -0.4 is 20.1 Å². The number of imidazole rings is 1. The maximum Gasteiger partial charge on any atom is 0.257 e. The maximum atomic E-state index is 12.5. The minimum absolute atomic E-state index is 0.0743. The van der Waals surface area contributed by atoms with Crippen LogP contribution in [0.1, 0.15) is 18.4 Å². The zero-order chi connectivity index (χ0) is 24.9. The largest absolute Gasteiger partial charge is 0.369 e. The van der Waals surface area contributed by atoms with Crippen LogP contribution >= 0.6 is 0 Å². The molecule has 0 saturated heterocycles. The van der Waals surface area contributed by atoms with Crippen LogP contribution in [0.15, 0.2) is 52.9 Å². The van der Waals surface area contributed by atoms with Gasteiger partial charge in [-0.05, 0) is 24.6 Å². The molecular formula is C21H24N8O4S2. The average molecular weight is 517 g/mol. The summed E-state index contributed by atoms with van der Waals surface area (Å²) in [6, 6.07) is 6.39. The molecule has 0 fully saturated rings. The number of nitrogens with one attached hydrogen (secondary N) is 4. The van der Waals surface area contributed by atoms with Crippen molar-refractivity contribution in [1.82, 2.24) is 29.0 Å². The molecule has 1 aliphatic rings. The van der Waals surface area contributed by atoms with E-state index in [1.54, 1.807) is 25.4 Å². The van der Waals surface area contributed by atoms with Crippen molar-refractivity contribution in [3.63, 3.8) is 0 Å². The Hall–Kier alpha value is -3.51. The number of hydrogen-bond donors (Lipinski definition) is 4. The van der Waals surface area contributed by atoms with E-state index in [-0.39, 0.29) is 35.4 Å². The average Bonchev–Trinajstić information content (AvgIpc) is 3.26. The summed E-state index contributed by atoms with van der Waals surface area (Å²) >= 11 is 0. The lowest BCUT2D eigenvalue weighted by Gasteiger charge is -2.10. The summed E-state index contributed by atoms with van der Waals surface area (Å²) in [6.45, 7) is 0.832. The normalized spacial score (nSPS) is 15.2. The summed E-state index contributed by atoms with van der Waals surface area (Å²) in [5, 5.41) is 6.25. The molecule has 0 amide bonds. The molecular weight excluding hydrogens is 492 g/mol. The lowest BCUT2D eigenvalue weighted by Crippen LogP contribution is -2.26. The van der Waals surface area contributed by atoms with Crippen molar-refractivity contribution in [1.29, 1.82) is 0 Å². The zero-order valence-electron chi connectivity index (χ0n) is 18.8. The quantitative estimate of drug-likeness (QED) is 0.290. The smallest absolute Gasteiger partial charge is 0.257 e. The fourth-order valence-electron chi connectivity index (χ4n) is 3.21. The van der Waals surface area contributed by atoms with Gasteiger partial charge in [-0.15, -0.1) is 0 Å². The van der Waals surface area contributed by atoms with Gasteiger partial charge in [0.05, 0.1) is 29.2 Å². The van der Waals surface area contributed by atoms with Gasteiger partial charge in [-0.2, -0.15) is 4.98 Å². The van der Waals surface area contributed by atoms with Crippen molar-refractivity contribution < 1.29 is 16.8 Å². The van der Waals surface area contributed by atoms with Crippen LogP contribution in [0.5, 0.6) is 0 Å². The van der Waals surface area contributed by atoms with Gasteiger partial charge in [0.2, 0.25) is 16.0 Å². The molecule has 0 saturated carbocycles. The first-order chi connectivity index (χ1) is 16.7. The molecule has 4 rings (SSSR count). The number of sulfonamides is 2. The molecule has 1 aromatic carbocycles. The van der Waals surface area contributed by atoms with E-state index < -0.39 is 20.0 Å². The Morgan fingerprint density at radius 1 is 1.23 bits per heavy atom. The van der Waals surface area contributed by atoms with Crippen LogP contribution in [0.4, 0.5) is 17.5 Å². The van der Waals surface area contributed by atoms with Crippen molar-refractivity contribution in [2.75, 3.05) is 30.3 Å². The molecule has 0 atom stereocenters. The van der Waals surface area contributed by atoms with Crippen LogP contribution in [0.2, 0.25) is 0 Å². The fourth-order valence-corrected chi connectivity index (χ4v) is 5.47. The molecule has 4 N–H and O–H groups in total. The van der Waals surface area contributed by atoms with Gasteiger partial charge in [0.15, 0.2) is 5.03 Å². The van der Waals surface area contributed by atoms with E-state index in [4.69, 9.17) is 0 Å². The highest BCUT2D eigenvalue weighted by molar-refractivity contribution is 7.89. The summed E-state index contributed by atoms with van der Waals surface area (Å²) in [6.07, 6.45) is 5.04. The molecule has 2 aromatic heterocycles. The Bertz CT molecular complexity index is 1490. The molecule has 14 heteroatoms. The second-order valence-electron chi connectivity index (χ2n) is 7.58. The number of nitrogens with zero attached hydrogens (tertiary/aromatic N) is 4. The minimum Gasteiger partial charge on any atom is -0.369 e. The van der Waals surface area contributed by atoms with Gasteiger partial charge >= 0.3 is 0 Å². The topological polar surface area (TPSA) is 160 Å². The lowest BCUT2D eigenvalue weighted by molar-refractivity contribution is 0.572. The molecule has 0 unspecified atom stereocenters. The Kier molecular flexibility index (Phi) is 7.31. The monoisotopic (exact) mass is 516 g/mol. The minimum atomic E-state index is -3.67. The Labute approximate surface area is 203 Å². The molecule has 3 heterocycles. The van der Waals surface area contributed by atoms with Crippen LogP contribution in [0.3, 0.4) is 0 Å². The molecule has 184 valence electrons. The van der Waals surface area contributed by atoms with Gasteiger partial charge < -0.3 is 15.2 Å². The molecule has 0 aliphatic carbocycles. The van der Waals surface area contributed by atoms with Gasteiger partial charge in [-0.1, -0.05) is 17.9 Å². The first-order valence-electron chi connectivity index (χ1n) is 10.7. The Morgan fingerprint density at radius 2 is 2.09 bits per heavy atom. The molecule has 1 aliphatic heterocycles. The predicted octanol–water partition coefficient (Wildman–Crippen LogP) is 0.768. The van der Waals surface area contributed by atoms with E-state index in [1.807, 2.05) is 0 Å². The third-order valence-corrected chi connectivity index (χ3v) is 7.93. The van der Waals surface area contributed by atoms with Crippen molar-refractivity contribution in [3.05, 3.63) is 48.5 Å². The van der Waals surface area contributed by atoms with Crippen molar-refractivity contribution in [2.45, 2.75) is 22.8 Å². The van der Waals surface area contributed by atoms with Crippen LogP contribution in [-0.4, -0.2) is 56.0 Å². The summed E-state index contributed by atoms with van der Waals surface area (Å²) in [5.41, 5.74) is 1.06. The molecule has 0 spiro atoms. The van der Waals surface area contributed by atoms with Gasteiger partial charge in [0, 0.05) is 38.8 Å². The van der Waals surface area contributed by atoms with Crippen LogP contribution in [0, 0.1) is 11.8 Å². The van der Waals surface area contributed by atoms with Gasteiger partial charge in [0.1, 0.15) is 5.82 Å². The van der Waals surface area contributed by atoms with E-state index in [2.05, 4.69) is 46.9 Å². The number of aryl methyl sites for hydroxylation is 1. The second-order valence-corrected chi connectivity index (χ2v) is 11.1. The third kappa shape index (κ3) is 6.14. The van der Waals surface area contributed by atoms with Crippen molar-refractivity contribution in [2.24, 2.45) is 7.05 Å². The van der Waals surface area contributed by atoms with Crippen LogP contribution in [-0.2, 0) is 27.1 Å². The molecule has 12 nitrogen and oxygen atoms in total. The van der Waals surface area contributed by atoms with Gasteiger partial charge in [0.25, 0.3) is 10.0 Å². The number of rotatable bonds is 4. The Balaban J connectivity index is 1.48. The summed E-state index contributed by atoms with van der Waals surface area (Å²) in [5.74, 6) is 6.68. The first-order valence-corrected chi connectivity index (χ1v) is 13.6. The first kappa shape index (κ1) is 24.6. The molecule has 4 bridgehead atoms. The number of hydrogen-bond acceptors (Lipinski definition) is 9. The van der Waals surface area contributed by atoms with Crippen molar-refractivity contribution >= 4 is 37.5 Å². The van der Waals surface area contributed by atoms with E-state index in [9.17, 15) is 16.8 Å². The Morgan fingerprint density at radius 3 is 2.89 bits per heavy atom. The van der Waals surface area contributed by atoms with E-state index in [0.717, 1.165) is 0 Å². The highest BCUT2D eigenvalue weighted by atomic mass is 32.2. The van der Waals surface area contributed by atoms with Gasteiger partial charge in [-0.25, -0.2) is 36.2 Å². The second kappa shape index (κ2) is 10.4. The highest BCUT2D eigenvalue weighted by Crippen LogP contribution is 2.20. The summed E-state index contributed by atoms with van der Waals surface area (Å²) in [4.78, 5) is 12.7. The predicted molar refractivity (Wildman–Crippen MR) is 130 cm³/mol. The van der Waals surface area contributed by atoms with Crippen LogP contribution in [0.25, 0.3) is 0 Å². The van der Waals surface area contributed by atoms with Crippen molar-refractivity contribution in [3.8, 4) is 11.8 Å². The van der Waals surface area contributed by atoms with Gasteiger partial charge in [-0.3, -0.25) is 0 Å². The number of anilines is 3. The molecule has 0 radical (unpaired) electrons. The molecule has 35 heavy (non-hydrogen) atoms. The standard InChI is InChI=1S/C21H24N8O4S2/c1-29-15-22-14-19(29)35(32,33)26-10-3-2-6-16-13-24-21-27-17-7-4-8-18(12-17)34(30,31)25-11-5-9-23-20(16)28-21/h4,7-8,12-15,25-26H,3,5,9-11H2,1H3,(H2,23,24,27,28).